The third kappa shape index (κ3) is 4.37. The van der Waals surface area contributed by atoms with Crippen LogP contribution in [0.2, 0.25) is 0 Å². The third-order valence-corrected chi connectivity index (χ3v) is 4.28. The molecule has 1 unspecified atom stereocenters. The van der Waals surface area contributed by atoms with Gasteiger partial charge in [0, 0.05) is 57.2 Å². The molecule has 1 aromatic heterocycles. The monoisotopic (exact) mass is 299 g/mol. The fourth-order valence-electron chi connectivity index (χ4n) is 2.42. The molecule has 0 spiro atoms. The minimum Gasteiger partial charge on any atom is -0.390 e. The molecule has 1 atom stereocenters. The largest absolute Gasteiger partial charge is 0.390 e. The maximum atomic E-state index is 9.97. The van der Waals surface area contributed by atoms with Crippen LogP contribution in [0.1, 0.15) is 12.7 Å². The SMILES string of the molecule is CCc1nsc(N2CCN(CC(O)CN(C)C)CC2)n1. The van der Waals surface area contributed by atoms with Gasteiger partial charge in [0.1, 0.15) is 5.82 Å². The minimum absolute atomic E-state index is 0.273. The summed E-state index contributed by atoms with van der Waals surface area (Å²) in [7, 11) is 3.98. The molecule has 1 aliphatic heterocycles. The van der Waals surface area contributed by atoms with Crippen molar-refractivity contribution in [3.8, 4) is 0 Å². The van der Waals surface area contributed by atoms with Crippen molar-refractivity contribution < 1.29 is 5.11 Å². The van der Waals surface area contributed by atoms with Gasteiger partial charge in [-0.2, -0.15) is 4.37 Å². The molecule has 2 heterocycles. The summed E-state index contributed by atoms with van der Waals surface area (Å²) in [6.45, 7) is 7.44. The summed E-state index contributed by atoms with van der Waals surface area (Å²) in [5, 5.41) is 11.0. The van der Waals surface area contributed by atoms with Crippen molar-refractivity contribution in [1.29, 1.82) is 0 Å². The molecule has 0 amide bonds. The highest BCUT2D eigenvalue weighted by Crippen LogP contribution is 2.19. The molecular weight excluding hydrogens is 274 g/mol. The van der Waals surface area contributed by atoms with E-state index in [4.69, 9.17) is 0 Å². The zero-order valence-electron chi connectivity index (χ0n) is 12.6. The molecule has 20 heavy (non-hydrogen) atoms. The van der Waals surface area contributed by atoms with Crippen LogP contribution < -0.4 is 4.90 Å². The number of aliphatic hydroxyl groups excluding tert-OH is 1. The second-order valence-corrected chi connectivity index (χ2v) is 6.28. The van der Waals surface area contributed by atoms with Crippen LogP contribution >= 0.6 is 11.5 Å². The molecule has 0 aliphatic carbocycles. The number of β-amino-alcohol motifs (C(OH)–C–C–N with tert-alkyl or cyclic N) is 1. The number of likely N-dealkylation sites (N-methyl/N-ethyl adjacent to an activating group) is 1. The Morgan fingerprint density at radius 2 is 2.00 bits per heavy atom. The smallest absolute Gasteiger partial charge is 0.205 e. The predicted octanol–water partition coefficient (Wildman–Crippen LogP) is 0.145. The van der Waals surface area contributed by atoms with E-state index in [0.29, 0.717) is 0 Å². The Morgan fingerprint density at radius 1 is 1.30 bits per heavy atom. The van der Waals surface area contributed by atoms with Gasteiger partial charge in [-0.15, -0.1) is 0 Å². The first kappa shape index (κ1) is 15.6. The first-order valence-electron chi connectivity index (χ1n) is 7.21. The van der Waals surface area contributed by atoms with E-state index in [-0.39, 0.29) is 6.10 Å². The van der Waals surface area contributed by atoms with E-state index in [1.165, 1.54) is 11.5 Å². The molecule has 1 N–H and O–H groups in total. The van der Waals surface area contributed by atoms with Crippen molar-refractivity contribution in [2.45, 2.75) is 19.4 Å². The summed E-state index contributed by atoms with van der Waals surface area (Å²) in [5.74, 6) is 0.939. The number of aliphatic hydroxyl groups is 1. The molecule has 6 nitrogen and oxygen atoms in total. The Bertz CT molecular complexity index is 403. The van der Waals surface area contributed by atoms with Gasteiger partial charge >= 0.3 is 0 Å². The number of anilines is 1. The van der Waals surface area contributed by atoms with E-state index in [2.05, 4.69) is 26.1 Å². The van der Waals surface area contributed by atoms with E-state index < -0.39 is 0 Å². The molecule has 1 fully saturated rings. The number of piperazine rings is 1. The van der Waals surface area contributed by atoms with E-state index in [0.717, 1.165) is 56.6 Å². The van der Waals surface area contributed by atoms with Crippen LogP contribution in [0.5, 0.6) is 0 Å². The normalized spacial score (nSPS) is 18.8. The second kappa shape index (κ2) is 7.31. The molecule has 1 aliphatic rings. The molecule has 2 rings (SSSR count). The van der Waals surface area contributed by atoms with Crippen molar-refractivity contribution in [1.82, 2.24) is 19.2 Å². The zero-order valence-corrected chi connectivity index (χ0v) is 13.4. The lowest BCUT2D eigenvalue weighted by Crippen LogP contribution is -2.49. The van der Waals surface area contributed by atoms with E-state index >= 15 is 0 Å². The Balaban J connectivity index is 1.77. The Labute approximate surface area is 125 Å². The van der Waals surface area contributed by atoms with Crippen LogP contribution in [0.4, 0.5) is 5.13 Å². The summed E-state index contributed by atoms with van der Waals surface area (Å²) in [6.07, 6.45) is 0.623. The predicted molar refractivity (Wildman–Crippen MR) is 82.5 cm³/mol. The molecule has 1 aromatic rings. The lowest BCUT2D eigenvalue weighted by atomic mass is 10.2. The average molecular weight is 299 g/mol. The number of nitrogens with zero attached hydrogens (tertiary/aromatic N) is 5. The van der Waals surface area contributed by atoms with Crippen LogP contribution in [0.3, 0.4) is 0 Å². The van der Waals surface area contributed by atoms with Crippen molar-refractivity contribution in [3.05, 3.63) is 5.82 Å². The standard InChI is InChI=1S/C13H25N5OS/c1-4-12-14-13(20-15-12)18-7-5-17(6-8-18)10-11(19)9-16(2)3/h11,19H,4-10H2,1-3H3. The van der Waals surface area contributed by atoms with Crippen LogP contribution in [-0.2, 0) is 6.42 Å². The second-order valence-electron chi connectivity index (χ2n) is 5.55. The van der Waals surface area contributed by atoms with Gasteiger partial charge in [-0.25, -0.2) is 4.98 Å². The molecule has 7 heteroatoms. The Hall–Kier alpha value is -0.760. The van der Waals surface area contributed by atoms with Gasteiger partial charge in [0.2, 0.25) is 5.13 Å². The fourth-order valence-corrected chi connectivity index (χ4v) is 3.22. The summed E-state index contributed by atoms with van der Waals surface area (Å²) < 4.78 is 4.34. The number of rotatable bonds is 6. The number of hydrogen-bond acceptors (Lipinski definition) is 7. The number of hydrogen-bond donors (Lipinski definition) is 1. The van der Waals surface area contributed by atoms with Crippen molar-refractivity contribution in [3.63, 3.8) is 0 Å². The molecule has 0 radical (unpaired) electrons. The van der Waals surface area contributed by atoms with E-state index in [9.17, 15) is 5.11 Å². The highest BCUT2D eigenvalue weighted by Gasteiger charge is 2.21. The Kier molecular flexibility index (Phi) is 5.71. The van der Waals surface area contributed by atoms with Gasteiger partial charge in [0.25, 0.3) is 0 Å². The fraction of sp³-hybridized carbons (Fsp3) is 0.846. The van der Waals surface area contributed by atoms with Gasteiger partial charge in [-0.05, 0) is 14.1 Å². The van der Waals surface area contributed by atoms with Gasteiger partial charge in [-0.3, -0.25) is 4.90 Å². The van der Waals surface area contributed by atoms with Gasteiger partial charge in [0.15, 0.2) is 0 Å². The zero-order chi connectivity index (χ0) is 14.5. The minimum atomic E-state index is -0.273. The molecule has 0 saturated carbocycles. The molecule has 1 saturated heterocycles. The average Bonchev–Trinajstić information content (AvgIpc) is 2.87. The highest BCUT2D eigenvalue weighted by molar-refractivity contribution is 7.09. The van der Waals surface area contributed by atoms with Crippen molar-refractivity contribution >= 4 is 16.7 Å². The Morgan fingerprint density at radius 3 is 2.55 bits per heavy atom. The summed E-state index contributed by atoms with van der Waals surface area (Å²) in [5.41, 5.74) is 0. The number of aryl methyl sites for hydroxylation is 1. The van der Waals surface area contributed by atoms with Gasteiger partial charge < -0.3 is 14.9 Å². The van der Waals surface area contributed by atoms with Crippen LogP contribution in [0.25, 0.3) is 0 Å². The van der Waals surface area contributed by atoms with E-state index in [1.807, 2.05) is 19.0 Å². The molecule has 0 aromatic carbocycles. The molecular formula is C13H25N5OS. The molecule has 0 bridgehead atoms. The highest BCUT2D eigenvalue weighted by atomic mass is 32.1. The van der Waals surface area contributed by atoms with Gasteiger partial charge in [0.05, 0.1) is 6.10 Å². The maximum Gasteiger partial charge on any atom is 0.205 e. The van der Waals surface area contributed by atoms with Gasteiger partial charge in [-0.1, -0.05) is 6.92 Å². The quantitative estimate of drug-likeness (QED) is 0.807. The van der Waals surface area contributed by atoms with Crippen LogP contribution in [-0.4, -0.2) is 83.7 Å². The van der Waals surface area contributed by atoms with Crippen LogP contribution in [0, 0.1) is 0 Å². The first-order chi connectivity index (χ1) is 9.58. The summed E-state index contributed by atoms with van der Waals surface area (Å²) in [6, 6.07) is 0. The lowest BCUT2D eigenvalue weighted by molar-refractivity contribution is 0.0861. The van der Waals surface area contributed by atoms with Crippen LogP contribution in [0.15, 0.2) is 0 Å². The lowest BCUT2D eigenvalue weighted by Gasteiger charge is -2.35. The molecule has 114 valence electrons. The first-order valence-corrected chi connectivity index (χ1v) is 7.98. The topological polar surface area (TPSA) is 55.7 Å². The van der Waals surface area contributed by atoms with Crippen molar-refractivity contribution in [2.75, 3.05) is 58.3 Å². The summed E-state index contributed by atoms with van der Waals surface area (Å²) >= 11 is 1.49. The number of aromatic nitrogens is 2. The summed E-state index contributed by atoms with van der Waals surface area (Å²) in [4.78, 5) is 11.2. The van der Waals surface area contributed by atoms with E-state index in [1.54, 1.807) is 0 Å². The van der Waals surface area contributed by atoms with Crippen molar-refractivity contribution in [2.24, 2.45) is 0 Å². The maximum absolute atomic E-state index is 9.97. The third-order valence-electron chi connectivity index (χ3n) is 3.46.